The lowest BCUT2D eigenvalue weighted by atomic mass is 10.1. The van der Waals surface area contributed by atoms with Gasteiger partial charge in [0, 0.05) is 16.9 Å². The molecule has 1 aliphatic rings. The largest absolute Gasteiger partial charge is 0.467 e. The molecular weight excluding hydrogens is 351 g/mol. The summed E-state index contributed by atoms with van der Waals surface area (Å²) in [6, 6.07) is 6.76. The molecule has 24 heavy (non-hydrogen) atoms. The minimum Gasteiger partial charge on any atom is -0.467 e. The van der Waals surface area contributed by atoms with E-state index >= 15 is 0 Å². The number of aromatic nitrogens is 3. The van der Waals surface area contributed by atoms with E-state index < -0.39 is 0 Å². The van der Waals surface area contributed by atoms with Gasteiger partial charge in [-0.2, -0.15) is 0 Å². The smallest absolute Gasteiger partial charge is 0.210 e. The number of nitrogens with two attached hydrogens (primary N) is 1. The lowest BCUT2D eigenvalue weighted by molar-refractivity contribution is -0.0171. The summed E-state index contributed by atoms with van der Waals surface area (Å²) in [5, 5.41) is 10.8. The summed E-state index contributed by atoms with van der Waals surface area (Å²) in [5.41, 5.74) is 1.46. The number of nitrogen functional groups attached to an aromatic ring is 1. The van der Waals surface area contributed by atoms with Gasteiger partial charge in [-0.05, 0) is 23.6 Å². The average Bonchev–Trinajstić information content (AvgIpc) is 3.22. The fourth-order valence-electron chi connectivity index (χ4n) is 2.46. The highest BCUT2D eigenvalue weighted by atomic mass is 32.2. The lowest BCUT2D eigenvalue weighted by Crippen LogP contribution is -2.14. The second kappa shape index (κ2) is 6.42. The van der Waals surface area contributed by atoms with E-state index in [1.807, 2.05) is 17.5 Å². The molecule has 0 saturated carbocycles. The van der Waals surface area contributed by atoms with Gasteiger partial charge in [0.1, 0.15) is 11.6 Å². The summed E-state index contributed by atoms with van der Waals surface area (Å²) in [4.78, 5) is 0.945. The molecule has 0 aliphatic carbocycles. The molecule has 3 aromatic rings. The number of nitrogens with zero attached hydrogens (tertiary/aromatic N) is 3. The lowest BCUT2D eigenvalue weighted by Gasteiger charge is -2.20. The molecule has 0 spiro atoms. The van der Waals surface area contributed by atoms with Crippen LogP contribution < -0.4 is 10.6 Å². The van der Waals surface area contributed by atoms with Gasteiger partial charge in [-0.25, -0.2) is 9.07 Å². The zero-order chi connectivity index (χ0) is 16.5. The monoisotopic (exact) mass is 364 g/mol. The second-order valence-corrected chi connectivity index (χ2v) is 7.00. The molecule has 0 atom stereocenters. The summed E-state index contributed by atoms with van der Waals surface area (Å²) in [6.07, 6.45) is 0. The molecule has 3 heterocycles. The fourth-order valence-corrected chi connectivity index (χ4v) is 3.98. The van der Waals surface area contributed by atoms with Crippen molar-refractivity contribution < 1.29 is 13.9 Å². The normalized spacial score (nSPS) is 13.5. The molecule has 0 fully saturated rings. The first-order valence-corrected chi connectivity index (χ1v) is 8.98. The molecule has 124 valence electrons. The molecule has 1 aromatic carbocycles. The van der Waals surface area contributed by atoms with Crippen LogP contribution in [0.3, 0.4) is 0 Å². The Morgan fingerprint density at radius 2 is 2.29 bits per heavy atom. The number of hydrogen-bond acceptors (Lipinski definition) is 7. The first-order chi connectivity index (χ1) is 11.7. The number of rotatable bonds is 4. The van der Waals surface area contributed by atoms with Crippen molar-refractivity contribution >= 4 is 23.1 Å². The Hall–Kier alpha value is -2.10. The highest BCUT2D eigenvalue weighted by Crippen LogP contribution is 2.34. The third kappa shape index (κ3) is 2.85. The Balaban J connectivity index is 1.57. The maximum Gasteiger partial charge on any atom is 0.210 e. The molecule has 2 aromatic heterocycles. The zero-order valence-corrected chi connectivity index (χ0v) is 14.1. The van der Waals surface area contributed by atoms with E-state index in [2.05, 4.69) is 10.2 Å². The van der Waals surface area contributed by atoms with Crippen LogP contribution in [-0.4, -0.2) is 21.7 Å². The van der Waals surface area contributed by atoms with Gasteiger partial charge in [-0.15, -0.1) is 21.5 Å². The van der Waals surface area contributed by atoms with Crippen LogP contribution in [0.1, 0.15) is 11.1 Å². The van der Waals surface area contributed by atoms with Crippen molar-refractivity contribution in [2.24, 2.45) is 0 Å². The minimum atomic E-state index is -0.313. The second-order valence-electron chi connectivity index (χ2n) is 5.11. The van der Waals surface area contributed by atoms with E-state index in [4.69, 9.17) is 15.3 Å². The van der Waals surface area contributed by atoms with Gasteiger partial charge in [-0.1, -0.05) is 17.8 Å². The van der Waals surface area contributed by atoms with Crippen LogP contribution in [0.25, 0.3) is 10.7 Å². The van der Waals surface area contributed by atoms with Crippen LogP contribution in [0.4, 0.5) is 4.39 Å². The number of fused-ring (bicyclic) bond motifs is 1. The highest BCUT2D eigenvalue weighted by molar-refractivity contribution is 7.98. The number of thioether (sulfide) groups is 1. The summed E-state index contributed by atoms with van der Waals surface area (Å²) in [7, 11) is 0. The Bertz CT molecular complexity index is 867. The maximum atomic E-state index is 13.8. The standard InChI is InChI=1S/C15H13FN4O2S2/c16-11-4-9-6-21-8-22-13(9)10(5-11)7-24-15-19-18-14(20(15)17)12-2-1-3-23-12/h1-5H,6-8,17H2. The molecule has 0 amide bonds. The number of ether oxygens (including phenoxy) is 2. The van der Waals surface area contributed by atoms with E-state index in [1.54, 1.807) is 11.3 Å². The predicted octanol–water partition coefficient (Wildman–Crippen LogP) is 3.02. The molecule has 0 radical (unpaired) electrons. The summed E-state index contributed by atoms with van der Waals surface area (Å²) in [6.45, 7) is 0.520. The van der Waals surface area contributed by atoms with Gasteiger partial charge in [-0.3, -0.25) is 0 Å². The van der Waals surface area contributed by atoms with Gasteiger partial charge in [0.25, 0.3) is 0 Å². The van der Waals surface area contributed by atoms with Crippen molar-refractivity contribution in [3.63, 3.8) is 0 Å². The molecular formula is C15H13FN4O2S2. The first kappa shape index (κ1) is 15.4. The number of halogens is 1. The highest BCUT2D eigenvalue weighted by Gasteiger charge is 2.19. The van der Waals surface area contributed by atoms with Crippen LogP contribution in [-0.2, 0) is 17.1 Å². The van der Waals surface area contributed by atoms with Gasteiger partial charge in [0.15, 0.2) is 12.6 Å². The van der Waals surface area contributed by atoms with E-state index in [1.165, 1.54) is 28.6 Å². The molecule has 2 N–H and O–H groups in total. The molecule has 0 bridgehead atoms. The molecule has 1 aliphatic heterocycles. The van der Waals surface area contributed by atoms with Gasteiger partial charge in [0.05, 0.1) is 11.5 Å². The fraction of sp³-hybridized carbons (Fsp3) is 0.200. The third-order valence-corrected chi connectivity index (χ3v) is 5.37. The third-order valence-electron chi connectivity index (χ3n) is 3.51. The number of benzene rings is 1. The first-order valence-electron chi connectivity index (χ1n) is 7.11. The number of thiophene rings is 1. The van der Waals surface area contributed by atoms with Gasteiger partial charge < -0.3 is 15.3 Å². The van der Waals surface area contributed by atoms with E-state index in [9.17, 15) is 4.39 Å². The van der Waals surface area contributed by atoms with Crippen molar-refractivity contribution in [3.05, 3.63) is 46.6 Å². The summed E-state index contributed by atoms with van der Waals surface area (Å²) < 4.78 is 25.9. The van der Waals surface area contributed by atoms with Gasteiger partial charge >= 0.3 is 0 Å². The van der Waals surface area contributed by atoms with Crippen molar-refractivity contribution in [3.8, 4) is 16.5 Å². The van der Waals surface area contributed by atoms with Crippen LogP contribution in [0.2, 0.25) is 0 Å². The Morgan fingerprint density at radius 3 is 3.12 bits per heavy atom. The van der Waals surface area contributed by atoms with Crippen molar-refractivity contribution in [2.75, 3.05) is 12.6 Å². The SMILES string of the molecule is Nn1c(SCc2cc(F)cc3c2OCOC3)nnc1-c1cccs1. The van der Waals surface area contributed by atoms with E-state index in [-0.39, 0.29) is 12.6 Å². The Morgan fingerprint density at radius 1 is 1.38 bits per heavy atom. The van der Waals surface area contributed by atoms with Crippen LogP contribution in [0.15, 0.2) is 34.8 Å². The van der Waals surface area contributed by atoms with Crippen LogP contribution in [0.5, 0.6) is 5.75 Å². The van der Waals surface area contributed by atoms with Crippen molar-refractivity contribution in [2.45, 2.75) is 17.5 Å². The predicted molar refractivity (Wildman–Crippen MR) is 89.7 cm³/mol. The van der Waals surface area contributed by atoms with Crippen molar-refractivity contribution in [1.29, 1.82) is 0 Å². The molecule has 0 saturated heterocycles. The zero-order valence-electron chi connectivity index (χ0n) is 12.4. The Labute approximate surface area is 145 Å². The average molecular weight is 364 g/mol. The molecule has 4 rings (SSSR count). The van der Waals surface area contributed by atoms with E-state index in [0.717, 1.165) is 10.4 Å². The van der Waals surface area contributed by atoms with Crippen LogP contribution in [0, 0.1) is 5.82 Å². The minimum absolute atomic E-state index is 0.173. The maximum absolute atomic E-state index is 13.8. The molecule has 0 unspecified atom stereocenters. The quantitative estimate of drug-likeness (QED) is 0.567. The molecule has 6 nitrogen and oxygen atoms in total. The van der Waals surface area contributed by atoms with Crippen LogP contribution >= 0.6 is 23.1 Å². The number of hydrogen-bond donors (Lipinski definition) is 1. The summed E-state index contributed by atoms with van der Waals surface area (Å²) in [5.74, 6) is 7.52. The van der Waals surface area contributed by atoms with Gasteiger partial charge in [0.2, 0.25) is 5.16 Å². The Kier molecular flexibility index (Phi) is 4.13. The molecule has 9 heteroatoms. The van der Waals surface area contributed by atoms with Crippen molar-refractivity contribution in [1.82, 2.24) is 14.9 Å². The van der Waals surface area contributed by atoms with E-state index in [0.29, 0.717) is 34.7 Å². The summed E-state index contributed by atoms with van der Waals surface area (Å²) >= 11 is 2.92. The topological polar surface area (TPSA) is 75.2 Å².